The lowest BCUT2D eigenvalue weighted by Crippen LogP contribution is -2.65. The lowest BCUT2D eigenvalue weighted by atomic mass is 9.84. The highest BCUT2D eigenvalue weighted by molar-refractivity contribution is 7.10. The third-order valence-corrected chi connectivity index (χ3v) is 11.6. The number of aliphatic imine (C=N–C) groups is 1. The first-order valence-electron chi connectivity index (χ1n) is 19.0. The fraction of sp³-hybridized carbons (Fsp3) is 0.525. The first-order chi connectivity index (χ1) is 26.6. The van der Waals surface area contributed by atoms with Gasteiger partial charge >= 0.3 is 18.2 Å². The van der Waals surface area contributed by atoms with Crippen molar-refractivity contribution in [1.29, 1.82) is 0 Å². The van der Waals surface area contributed by atoms with Crippen molar-refractivity contribution < 1.29 is 37.0 Å². The second-order valence-corrected chi connectivity index (χ2v) is 16.1. The summed E-state index contributed by atoms with van der Waals surface area (Å²) in [7, 11) is 1.64. The second-order valence-electron chi connectivity index (χ2n) is 15.2. The summed E-state index contributed by atoms with van der Waals surface area (Å²) in [6.07, 6.45) is -0.283. The summed E-state index contributed by atoms with van der Waals surface area (Å²) >= 11 is 1.29. The Labute approximate surface area is 328 Å². The van der Waals surface area contributed by atoms with Gasteiger partial charge in [0.05, 0.1) is 34.8 Å². The van der Waals surface area contributed by atoms with Crippen LogP contribution in [0.1, 0.15) is 70.1 Å². The van der Waals surface area contributed by atoms with E-state index in [9.17, 15) is 27.6 Å². The number of nitrogens with one attached hydrogen (secondary N) is 2. The molecule has 5 heterocycles. The number of benzene rings is 1. The Morgan fingerprint density at radius 3 is 2.68 bits per heavy atom. The molecule has 0 unspecified atom stereocenters. The number of thiazole rings is 1. The average molecular weight is 798 g/mol. The summed E-state index contributed by atoms with van der Waals surface area (Å²) in [4.78, 5) is 51.2. The summed E-state index contributed by atoms with van der Waals surface area (Å²) in [5, 5.41) is 7.18. The minimum Gasteiger partial charge on any atom is -0.464 e. The maximum atomic E-state index is 14.1. The van der Waals surface area contributed by atoms with Crippen molar-refractivity contribution >= 4 is 51.9 Å². The largest absolute Gasteiger partial charge is 0.464 e. The summed E-state index contributed by atoms with van der Waals surface area (Å²) < 4.78 is 54.8. The predicted molar refractivity (Wildman–Crippen MR) is 210 cm³/mol. The molecule has 16 heteroatoms. The van der Waals surface area contributed by atoms with Crippen molar-refractivity contribution in [3.05, 3.63) is 58.2 Å². The molecule has 6 rings (SSSR count). The zero-order chi connectivity index (χ0) is 40.5. The number of aryl methyl sites for hydroxylation is 1. The van der Waals surface area contributed by atoms with Crippen molar-refractivity contribution in [3.63, 3.8) is 0 Å². The molecule has 6 bridgehead atoms. The van der Waals surface area contributed by atoms with E-state index in [1.54, 1.807) is 13.3 Å². The van der Waals surface area contributed by atoms with E-state index in [0.717, 1.165) is 39.0 Å². The minimum atomic E-state index is -4.59. The number of aromatic nitrogens is 2. The number of hydrogen-bond donors (Lipinski definition) is 2. The number of cyclic esters (lactones) is 1. The summed E-state index contributed by atoms with van der Waals surface area (Å²) in [5.41, 5.74) is 8.35. The molecule has 12 nitrogen and oxygen atoms in total. The topological polar surface area (TPSA) is 130 Å². The molecular weight excluding hydrogens is 748 g/mol. The number of carbonyl (C=O) groups excluding carboxylic acids is 3. The fourth-order valence-electron chi connectivity index (χ4n) is 7.68. The van der Waals surface area contributed by atoms with Crippen LogP contribution < -0.4 is 10.7 Å². The highest BCUT2D eigenvalue weighted by Crippen LogP contribution is 2.40. The molecule has 3 aromatic rings. The van der Waals surface area contributed by atoms with E-state index in [-0.39, 0.29) is 38.6 Å². The number of alkyl halides is 3. The number of rotatable bonds is 7. The number of fused-ring (bicyclic) bond motifs is 6. The van der Waals surface area contributed by atoms with Gasteiger partial charge in [0.25, 0.3) is 5.91 Å². The molecule has 0 spiro atoms. The lowest BCUT2D eigenvalue weighted by Gasteiger charge is -2.42. The number of nitrogens with zero attached hydrogens (tertiary/aromatic N) is 5. The van der Waals surface area contributed by atoms with E-state index >= 15 is 0 Å². The molecule has 2 saturated heterocycles. The highest BCUT2D eigenvalue weighted by atomic mass is 32.1. The molecule has 302 valence electrons. The molecule has 3 amide bonds. The van der Waals surface area contributed by atoms with Gasteiger partial charge in [-0.05, 0) is 64.2 Å². The summed E-state index contributed by atoms with van der Waals surface area (Å²) in [6, 6.07) is 1.09. The number of allylic oxidation sites excluding steroid dienone is 2. The molecule has 4 atom stereocenters. The third kappa shape index (κ3) is 8.28. The molecule has 0 saturated carbocycles. The van der Waals surface area contributed by atoms with Gasteiger partial charge in [-0.3, -0.25) is 19.6 Å². The number of carbonyl (C=O) groups is 3. The lowest BCUT2D eigenvalue weighted by molar-refractivity contribution is -0.199. The number of halogens is 3. The maximum absolute atomic E-state index is 14.1. The number of hydrazine groups is 1. The van der Waals surface area contributed by atoms with Gasteiger partial charge in [0.15, 0.2) is 0 Å². The molecule has 2 aromatic heterocycles. The molecule has 2 N–H and O–H groups in total. The Morgan fingerprint density at radius 1 is 1.27 bits per heavy atom. The zero-order valence-corrected chi connectivity index (χ0v) is 33.5. The Balaban J connectivity index is 1.48. The normalized spacial score (nSPS) is 23.0. The molecule has 2 fully saturated rings. The molecule has 3 aliphatic rings. The van der Waals surface area contributed by atoms with Crippen molar-refractivity contribution in [2.75, 3.05) is 26.8 Å². The van der Waals surface area contributed by atoms with Crippen LogP contribution in [0.4, 0.5) is 18.0 Å². The quantitative estimate of drug-likeness (QED) is 0.155. The van der Waals surface area contributed by atoms with Crippen LogP contribution in [0.25, 0.3) is 27.7 Å². The molecule has 1 aromatic carbocycles. The minimum absolute atomic E-state index is 0.0712. The number of likely N-dealkylation sites (tertiary alicyclic amines) is 1. The van der Waals surface area contributed by atoms with E-state index in [0.29, 0.717) is 41.4 Å². The van der Waals surface area contributed by atoms with Crippen molar-refractivity contribution in [2.45, 2.75) is 104 Å². The number of methoxy groups -OCH3 is 1. The van der Waals surface area contributed by atoms with Crippen LogP contribution in [0.15, 0.2) is 46.9 Å². The van der Waals surface area contributed by atoms with Crippen LogP contribution in [-0.4, -0.2) is 101 Å². The van der Waals surface area contributed by atoms with E-state index in [1.807, 2.05) is 51.3 Å². The second kappa shape index (κ2) is 16.5. The molecule has 56 heavy (non-hydrogen) atoms. The van der Waals surface area contributed by atoms with E-state index in [1.165, 1.54) is 16.3 Å². The molecular formula is C40H50F3N7O5S. The predicted octanol–water partition coefficient (Wildman–Crippen LogP) is 6.69. The van der Waals surface area contributed by atoms with Gasteiger partial charge < -0.3 is 24.3 Å². The van der Waals surface area contributed by atoms with Crippen molar-refractivity contribution in [2.24, 2.45) is 10.4 Å². The Kier molecular flexibility index (Phi) is 12.1. The number of esters is 1. The average Bonchev–Trinajstić information content (AvgIpc) is 3.73. The van der Waals surface area contributed by atoms with E-state index in [2.05, 4.69) is 34.9 Å². The standard InChI is InChI=1S/C40H50F3N7O5S/c1-8-25(34(44-9-2)23(4)54-7)35-27-20-39(5,6)22-55-37(52)28-12-11-16-50(47-28)36(51)29(46-38(53)49-17-15-32(49)40(41,42)43)19-33-45-30(21-56-33)24-13-14-31(26(27)18-24)48(35)10-3/h8-9,13-14,18,21,23,28-29,32,47H,1,10-12,15-17,19-20,22H2,2-7H3,(H,46,53)/b34-25+,44-9-/t23-,28-,29-,32-/m0/s1. The van der Waals surface area contributed by atoms with Crippen molar-refractivity contribution in [3.8, 4) is 11.3 Å². The first-order valence-corrected chi connectivity index (χ1v) is 19.8. The van der Waals surface area contributed by atoms with Crippen LogP contribution in [0.2, 0.25) is 0 Å². The number of hydrogen-bond acceptors (Lipinski definition) is 9. The Bertz CT molecular complexity index is 2050. The maximum Gasteiger partial charge on any atom is 0.408 e. The fourth-order valence-corrected chi connectivity index (χ4v) is 8.53. The molecule has 3 aliphatic heterocycles. The number of ether oxygens (including phenoxy) is 2. The first kappa shape index (κ1) is 41.1. The van der Waals surface area contributed by atoms with E-state index in [4.69, 9.17) is 19.5 Å². The van der Waals surface area contributed by atoms with Gasteiger partial charge in [0.1, 0.15) is 18.1 Å². The Hall–Kier alpha value is -4.54. The van der Waals surface area contributed by atoms with Crippen LogP contribution in [-0.2, 0) is 38.4 Å². The van der Waals surface area contributed by atoms with E-state index < -0.39 is 47.6 Å². The van der Waals surface area contributed by atoms with Gasteiger partial charge in [-0.25, -0.2) is 15.2 Å². The summed E-state index contributed by atoms with van der Waals surface area (Å²) in [6.45, 7) is 15.0. The van der Waals surface area contributed by atoms with Crippen LogP contribution >= 0.6 is 11.3 Å². The van der Waals surface area contributed by atoms with Gasteiger partial charge in [0, 0.05) is 72.2 Å². The van der Waals surface area contributed by atoms with Crippen molar-refractivity contribution in [1.82, 2.24) is 30.2 Å². The highest BCUT2D eigenvalue weighted by Gasteiger charge is 2.51. The molecule has 0 radical (unpaired) electrons. The monoisotopic (exact) mass is 797 g/mol. The van der Waals surface area contributed by atoms with Crippen LogP contribution in [0, 0.1) is 5.41 Å². The number of urea groups is 1. The number of amides is 3. The SMILES string of the molecule is C=C/C(=C(\N=C/C)[C@H](C)OC)c1c2c3cc(ccc3n1CC)-c1csc(n1)C[C@H](NC(=O)N1CC[C@H]1C(F)(F)F)C(=O)N1CCC[C@H](N1)C(=O)OCC(C)(C)C2. The van der Waals surface area contributed by atoms with Crippen LogP contribution in [0.5, 0.6) is 0 Å². The van der Waals surface area contributed by atoms with Gasteiger partial charge in [-0.1, -0.05) is 32.6 Å². The smallest absolute Gasteiger partial charge is 0.408 e. The summed E-state index contributed by atoms with van der Waals surface area (Å²) in [5.74, 6) is -1.12. The third-order valence-electron chi connectivity index (χ3n) is 10.7. The zero-order valence-electron chi connectivity index (χ0n) is 32.7. The van der Waals surface area contributed by atoms with Gasteiger partial charge in [0.2, 0.25) is 0 Å². The van der Waals surface area contributed by atoms with Crippen LogP contribution in [0.3, 0.4) is 0 Å². The van der Waals surface area contributed by atoms with Gasteiger partial charge in [-0.15, -0.1) is 11.3 Å². The Morgan fingerprint density at radius 2 is 2.04 bits per heavy atom. The van der Waals surface area contributed by atoms with Gasteiger partial charge in [-0.2, -0.15) is 13.2 Å². The molecule has 0 aliphatic carbocycles.